The molecule has 124 valence electrons. The van der Waals surface area contributed by atoms with Gasteiger partial charge in [0.25, 0.3) is 0 Å². The second kappa shape index (κ2) is 8.29. The third-order valence-electron chi connectivity index (χ3n) is 3.60. The number of aliphatic hydroxyl groups excluding tert-OH is 1. The van der Waals surface area contributed by atoms with Crippen LogP contribution in [0, 0.1) is 0 Å². The molecule has 5 heteroatoms. The predicted octanol–water partition coefficient (Wildman–Crippen LogP) is 3.08. The van der Waals surface area contributed by atoms with Gasteiger partial charge in [0, 0.05) is 24.8 Å². The largest absolute Gasteiger partial charge is 0.487 e. The van der Waals surface area contributed by atoms with Crippen LogP contribution in [-0.4, -0.2) is 16.6 Å². The first-order valence-electron chi connectivity index (χ1n) is 7.86. The lowest BCUT2D eigenvalue weighted by atomic mass is 10.2. The van der Waals surface area contributed by atoms with Crippen LogP contribution in [0.1, 0.15) is 23.1 Å². The fourth-order valence-corrected chi connectivity index (χ4v) is 2.35. The summed E-state index contributed by atoms with van der Waals surface area (Å²) in [5, 5.41) is 13.2. The lowest BCUT2D eigenvalue weighted by Crippen LogP contribution is -2.21. The first-order valence-corrected chi connectivity index (χ1v) is 7.86. The van der Waals surface area contributed by atoms with Gasteiger partial charge in [-0.15, -0.1) is 0 Å². The van der Waals surface area contributed by atoms with E-state index in [0.29, 0.717) is 25.5 Å². The zero-order chi connectivity index (χ0) is 16.6. The SMILES string of the molecule is OC(CNCc1ccccc1OCc1ccccn1)c1ccco1. The average Bonchev–Trinajstić information content (AvgIpc) is 3.16. The molecule has 3 rings (SSSR count). The summed E-state index contributed by atoms with van der Waals surface area (Å²) in [5.74, 6) is 1.37. The Kier molecular flexibility index (Phi) is 5.61. The molecular formula is C19H20N2O3. The first-order chi connectivity index (χ1) is 11.8. The molecule has 2 aromatic heterocycles. The van der Waals surface area contributed by atoms with Crippen molar-refractivity contribution in [3.8, 4) is 5.75 Å². The second-order valence-corrected chi connectivity index (χ2v) is 5.38. The number of hydrogen-bond donors (Lipinski definition) is 2. The van der Waals surface area contributed by atoms with E-state index in [9.17, 15) is 5.11 Å². The standard InChI is InChI=1S/C19H20N2O3/c22-17(19-9-5-11-23-19)13-20-12-15-6-1-2-8-18(15)24-14-16-7-3-4-10-21-16/h1-11,17,20,22H,12-14H2. The Morgan fingerprint density at radius 2 is 1.96 bits per heavy atom. The number of aromatic nitrogens is 1. The van der Waals surface area contributed by atoms with Crippen molar-refractivity contribution in [1.82, 2.24) is 10.3 Å². The number of para-hydroxylation sites is 1. The van der Waals surface area contributed by atoms with Crippen molar-refractivity contribution in [3.05, 3.63) is 84.1 Å². The maximum Gasteiger partial charge on any atom is 0.133 e. The molecule has 2 N–H and O–H groups in total. The number of pyridine rings is 1. The Morgan fingerprint density at radius 1 is 1.08 bits per heavy atom. The smallest absolute Gasteiger partial charge is 0.133 e. The summed E-state index contributed by atoms with van der Waals surface area (Å²) in [5.41, 5.74) is 1.91. The summed E-state index contributed by atoms with van der Waals surface area (Å²) in [4.78, 5) is 4.25. The summed E-state index contributed by atoms with van der Waals surface area (Å²) >= 11 is 0. The van der Waals surface area contributed by atoms with Crippen LogP contribution < -0.4 is 10.1 Å². The Labute approximate surface area is 140 Å². The highest BCUT2D eigenvalue weighted by atomic mass is 16.5. The van der Waals surface area contributed by atoms with Gasteiger partial charge in [-0.2, -0.15) is 0 Å². The molecule has 0 radical (unpaired) electrons. The van der Waals surface area contributed by atoms with E-state index in [2.05, 4.69) is 10.3 Å². The highest BCUT2D eigenvalue weighted by molar-refractivity contribution is 5.33. The van der Waals surface area contributed by atoms with Gasteiger partial charge >= 0.3 is 0 Å². The maximum atomic E-state index is 10.0. The van der Waals surface area contributed by atoms with Crippen molar-refractivity contribution in [2.45, 2.75) is 19.3 Å². The molecule has 2 heterocycles. The Morgan fingerprint density at radius 3 is 2.75 bits per heavy atom. The van der Waals surface area contributed by atoms with Crippen molar-refractivity contribution in [2.75, 3.05) is 6.54 Å². The van der Waals surface area contributed by atoms with Gasteiger partial charge in [0.1, 0.15) is 24.2 Å². The summed E-state index contributed by atoms with van der Waals surface area (Å²) in [6.07, 6.45) is 2.64. The molecule has 0 aliphatic heterocycles. The van der Waals surface area contributed by atoms with E-state index in [0.717, 1.165) is 17.0 Å². The maximum absolute atomic E-state index is 10.0. The first kappa shape index (κ1) is 16.2. The highest BCUT2D eigenvalue weighted by Gasteiger charge is 2.10. The van der Waals surface area contributed by atoms with E-state index in [1.54, 1.807) is 24.6 Å². The number of furan rings is 1. The Hall–Kier alpha value is -2.63. The van der Waals surface area contributed by atoms with Crippen molar-refractivity contribution < 1.29 is 14.3 Å². The van der Waals surface area contributed by atoms with Crippen LogP contribution in [0.3, 0.4) is 0 Å². The van der Waals surface area contributed by atoms with Gasteiger partial charge in [-0.1, -0.05) is 24.3 Å². The van der Waals surface area contributed by atoms with Crippen molar-refractivity contribution in [2.24, 2.45) is 0 Å². The molecule has 1 unspecified atom stereocenters. The van der Waals surface area contributed by atoms with Crippen LogP contribution in [-0.2, 0) is 13.2 Å². The highest BCUT2D eigenvalue weighted by Crippen LogP contribution is 2.19. The monoisotopic (exact) mass is 324 g/mol. The number of hydrogen-bond acceptors (Lipinski definition) is 5. The van der Waals surface area contributed by atoms with Crippen LogP contribution in [0.5, 0.6) is 5.75 Å². The number of nitrogens with one attached hydrogen (secondary N) is 1. The summed E-state index contributed by atoms with van der Waals surface area (Å²) in [6.45, 7) is 1.42. The normalized spacial score (nSPS) is 12.0. The minimum absolute atomic E-state index is 0.405. The molecule has 0 amide bonds. The minimum Gasteiger partial charge on any atom is -0.487 e. The number of nitrogens with zero attached hydrogens (tertiary/aromatic N) is 1. The molecular weight excluding hydrogens is 304 g/mol. The van der Waals surface area contributed by atoms with E-state index in [1.807, 2.05) is 42.5 Å². The van der Waals surface area contributed by atoms with Gasteiger partial charge in [-0.25, -0.2) is 0 Å². The number of benzene rings is 1. The van der Waals surface area contributed by atoms with Crippen molar-refractivity contribution in [1.29, 1.82) is 0 Å². The van der Waals surface area contributed by atoms with Gasteiger partial charge < -0.3 is 19.6 Å². The van der Waals surface area contributed by atoms with E-state index in [4.69, 9.17) is 9.15 Å². The molecule has 0 saturated carbocycles. The van der Waals surface area contributed by atoms with E-state index < -0.39 is 6.10 Å². The van der Waals surface area contributed by atoms with Crippen molar-refractivity contribution >= 4 is 0 Å². The van der Waals surface area contributed by atoms with Crippen LogP contribution in [0.4, 0.5) is 0 Å². The summed E-state index contributed by atoms with van der Waals surface area (Å²) in [6, 6.07) is 17.1. The second-order valence-electron chi connectivity index (χ2n) is 5.38. The molecule has 3 aromatic rings. The lowest BCUT2D eigenvalue weighted by Gasteiger charge is -2.13. The summed E-state index contributed by atoms with van der Waals surface area (Å²) < 4.78 is 11.1. The van der Waals surface area contributed by atoms with Gasteiger partial charge in [-0.3, -0.25) is 4.98 Å². The van der Waals surface area contributed by atoms with Gasteiger partial charge in [-0.05, 0) is 30.3 Å². The Balaban J connectivity index is 1.54. The molecule has 5 nitrogen and oxygen atoms in total. The van der Waals surface area contributed by atoms with Gasteiger partial charge in [0.2, 0.25) is 0 Å². The number of rotatable bonds is 8. The molecule has 0 aliphatic rings. The quantitative estimate of drug-likeness (QED) is 0.666. The Bertz CT molecular complexity index is 729. The average molecular weight is 324 g/mol. The van der Waals surface area contributed by atoms with Gasteiger partial charge in [0.05, 0.1) is 12.0 Å². The van der Waals surface area contributed by atoms with E-state index >= 15 is 0 Å². The molecule has 0 spiro atoms. The van der Waals surface area contributed by atoms with Crippen LogP contribution in [0.2, 0.25) is 0 Å². The topological polar surface area (TPSA) is 67.5 Å². The molecule has 0 bridgehead atoms. The predicted molar refractivity (Wildman–Crippen MR) is 90.4 cm³/mol. The molecule has 0 saturated heterocycles. The van der Waals surface area contributed by atoms with Crippen molar-refractivity contribution in [3.63, 3.8) is 0 Å². The third-order valence-corrected chi connectivity index (χ3v) is 3.60. The number of aliphatic hydroxyl groups is 1. The van der Waals surface area contributed by atoms with E-state index in [-0.39, 0.29) is 0 Å². The van der Waals surface area contributed by atoms with Crippen LogP contribution in [0.25, 0.3) is 0 Å². The fraction of sp³-hybridized carbons (Fsp3) is 0.211. The summed E-state index contributed by atoms with van der Waals surface area (Å²) in [7, 11) is 0. The lowest BCUT2D eigenvalue weighted by molar-refractivity contribution is 0.147. The number of ether oxygens (including phenoxy) is 1. The van der Waals surface area contributed by atoms with Crippen LogP contribution in [0.15, 0.2) is 71.5 Å². The van der Waals surface area contributed by atoms with Gasteiger partial charge in [0.15, 0.2) is 0 Å². The van der Waals surface area contributed by atoms with E-state index in [1.165, 1.54) is 0 Å². The molecule has 0 aliphatic carbocycles. The zero-order valence-electron chi connectivity index (χ0n) is 13.3. The molecule has 1 aromatic carbocycles. The molecule has 0 fully saturated rings. The zero-order valence-corrected chi connectivity index (χ0v) is 13.3. The molecule has 24 heavy (non-hydrogen) atoms. The minimum atomic E-state index is -0.665. The fourth-order valence-electron chi connectivity index (χ4n) is 2.35. The molecule has 1 atom stereocenters. The third kappa shape index (κ3) is 4.44. The van der Waals surface area contributed by atoms with Crippen LogP contribution >= 0.6 is 0 Å².